The quantitative estimate of drug-likeness (QED) is 0.433. The molecule has 5 N–H and O–H groups in total. The first-order valence-electron chi connectivity index (χ1n) is 10.8. The van der Waals surface area contributed by atoms with E-state index in [1.54, 1.807) is 48.2 Å². The van der Waals surface area contributed by atoms with E-state index in [1.807, 2.05) is 0 Å². The molecule has 1 saturated heterocycles. The number of carbonyl (C=O) groups excluding carboxylic acids is 2. The number of aromatic nitrogens is 2. The van der Waals surface area contributed by atoms with Crippen LogP contribution in [0.4, 0.5) is 11.5 Å². The third kappa shape index (κ3) is 4.68. The first-order chi connectivity index (χ1) is 16.4. The standard InChI is InChI=1S/C24H25N5O5/c1-14-18(16-3-2-4-17(22(25)31)19(16)13-30)11-20(23(32)27-14)28-21-6-5-15(12-26-21)24(33)29-7-9-34-10-8-29/h2-6,11-12,30H,7-10,13H2,1H3,(H2,25,31)(H,26,28)(H,27,32). The zero-order valence-electron chi connectivity index (χ0n) is 18.6. The molecule has 0 saturated carbocycles. The van der Waals surface area contributed by atoms with Gasteiger partial charge < -0.3 is 30.8 Å². The lowest BCUT2D eigenvalue weighted by Gasteiger charge is -2.26. The Morgan fingerprint density at radius 2 is 1.97 bits per heavy atom. The highest BCUT2D eigenvalue weighted by molar-refractivity contribution is 5.96. The summed E-state index contributed by atoms with van der Waals surface area (Å²) in [5, 5.41) is 12.9. The van der Waals surface area contributed by atoms with Gasteiger partial charge in [0.15, 0.2) is 0 Å². The summed E-state index contributed by atoms with van der Waals surface area (Å²) in [7, 11) is 0. The average Bonchev–Trinajstić information content (AvgIpc) is 2.85. The number of amides is 2. The summed E-state index contributed by atoms with van der Waals surface area (Å²) in [6, 6.07) is 9.85. The highest BCUT2D eigenvalue weighted by atomic mass is 16.5. The number of nitrogens with zero attached hydrogens (tertiary/aromatic N) is 2. The smallest absolute Gasteiger partial charge is 0.271 e. The van der Waals surface area contributed by atoms with Crippen molar-refractivity contribution in [2.75, 3.05) is 31.6 Å². The number of anilines is 2. The second-order valence-electron chi connectivity index (χ2n) is 7.87. The highest BCUT2D eigenvalue weighted by Gasteiger charge is 2.19. The molecule has 0 atom stereocenters. The molecule has 1 aromatic carbocycles. The predicted octanol–water partition coefficient (Wildman–Crippen LogP) is 1.55. The summed E-state index contributed by atoms with van der Waals surface area (Å²) in [6.07, 6.45) is 1.46. The van der Waals surface area contributed by atoms with Crippen LogP contribution in [-0.4, -0.2) is 58.1 Å². The van der Waals surface area contributed by atoms with E-state index in [0.29, 0.717) is 60.1 Å². The molecule has 176 valence electrons. The number of aromatic amines is 1. The molecular formula is C24H25N5O5. The van der Waals surface area contributed by atoms with E-state index in [2.05, 4.69) is 15.3 Å². The minimum absolute atomic E-state index is 0.122. The molecule has 0 radical (unpaired) electrons. The minimum Gasteiger partial charge on any atom is -0.392 e. The molecule has 10 nitrogen and oxygen atoms in total. The summed E-state index contributed by atoms with van der Waals surface area (Å²) in [5.74, 6) is -0.391. The number of pyridine rings is 2. The number of ether oxygens (including phenoxy) is 1. The van der Waals surface area contributed by atoms with Crippen molar-refractivity contribution in [1.82, 2.24) is 14.9 Å². The van der Waals surface area contributed by atoms with Crippen molar-refractivity contribution in [3.05, 3.63) is 75.3 Å². The largest absolute Gasteiger partial charge is 0.392 e. The van der Waals surface area contributed by atoms with Gasteiger partial charge in [-0.1, -0.05) is 12.1 Å². The number of nitrogens with one attached hydrogen (secondary N) is 2. The number of aliphatic hydroxyl groups excluding tert-OH is 1. The Hall–Kier alpha value is -4.02. The molecule has 2 aromatic heterocycles. The van der Waals surface area contributed by atoms with E-state index in [1.165, 1.54) is 6.20 Å². The Kier molecular flexibility index (Phi) is 6.71. The molecule has 4 rings (SSSR count). The Morgan fingerprint density at radius 3 is 2.62 bits per heavy atom. The molecule has 3 aromatic rings. The van der Waals surface area contributed by atoms with Crippen LogP contribution in [0.3, 0.4) is 0 Å². The van der Waals surface area contributed by atoms with Gasteiger partial charge in [-0.05, 0) is 42.3 Å². The molecule has 10 heteroatoms. The molecule has 1 aliphatic heterocycles. The van der Waals surface area contributed by atoms with Crippen molar-refractivity contribution in [2.45, 2.75) is 13.5 Å². The van der Waals surface area contributed by atoms with Crippen molar-refractivity contribution in [3.8, 4) is 11.1 Å². The topological polar surface area (TPSA) is 151 Å². The minimum atomic E-state index is -0.651. The zero-order valence-corrected chi connectivity index (χ0v) is 18.6. The average molecular weight is 463 g/mol. The van der Waals surface area contributed by atoms with Gasteiger partial charge in [0.25, 0.3) is 11.5 Å². The van der Waals surface area contributed by atoms with Crippen LogP contribution in [0, 0.1) is 6.92 Å². The van der Waals surface area contributed by atoms with Crippen molar-refractivity contribution >= 4 is 23.3 Å². The van der Waals surface area contributed by atoms with Crippen molar-refractivity contribution < 1.29 is 19.4 Å². The van der Waals surface area contributed by atoms with Gasteiger partial charge in [0, 0.05) is 36.1 Å². The summed E-state index contributed by atoms with van der Waals surface area (Å²) >= 11 is 0. The van der Waals surface area contributed by atoms with Crippen LogP contribution in [0.5, 0.6) is 0 Å². The molecule has 1 fully saturated rings. The maximum Gasteiger partial charge on any atom is 0.271 e. The number of hydrogen-bond acceptors (Lipinski definition) is 7. The normalized spacial score (nSPS) is 13.5. The number of rotatable bonds is 6. The summed E-state index contributed by atoms with van der Waals surface area (Å²) in [6.45, 7) is 3.43. The number of morpholine rings is 1. The molecule has 34 heavy (non-hydrogen) atoms. The van der Waals surface area contributed by atoms with Crippen LogP contribution in [0.2, 0.25) is 0 Å². The molecule has 0 spiro atoms. The number of carbonyl (C=O) groups is 2. The molecule has 0 bridgehead atoms. The van der Waals surface area contributed by atoms with E-state index < -0.39 is 12.5 Å². The van der Waals surface area contributed by atoms with Gasteiger partial charge in [0.1, 0.15) is 11.5 Å². The number of primary amides is 1. The number of H-pyrrole nitrogens is 1. The fourth-order valence-electron chi connectivity index (χ4n) is 3.92. The van der Waals surface area contributed by atoms with Crippen molar-refractivity contribution in [1.29, 1.82) is 0 Å². The lowest BCUT2D eigenvalue weighted by Crippen LogP contribution is -2.40. The number of benzene rings is 1. The first-order valence-corrected chi connectivity index (χ1v) is 10.8. The maximum absolute atomic E-state index is 12.6. The van der Waals surface area contributed by atoms with Gasteiger partial charge in [-0.25, -0.2) is 4.98 Å². The van der Waals surface area contributed by atoms with E-state index in [9.17, 15) is 19.5 Å². The second kappa shape index (κ2) is 9.86. The third-order valence-corrected chi connectivity index (χ3v) is 5.70. The molecular weight excluding hydrogens is 438 g/mol. The Morgan fingerprint density at radius 1 is 1.21 bits per heavy atom. The van der Waals surface area contributed by atoms with Gasteiger partial charge in [-0.15, -0.1) is 0 Å². The lowest BCUT2D eigenvalue weighted by atomic mass is 9.94. The number of hydrogen-bond donors (Lipinski definition) is 4. The second-order valence-corrected chi connectivity index (χ2v) is 7.87. The predicted molar refractivity (Wildman–Crippen MR) is 126 cm³/mol. The van der Waals surface area contributed by atoms with Crippen molar-refractivity contribution in [2.24, 2.45) is 5.73 Å². The van der Waals surface area contributed by atoms with Crippen LogP contribution in [0.15, 0.2) is 47.4 Å². The first kappa shape index (κ1) is 23.1. The van der Waals surface area contributed by atoms with Gasteiger partial charge in [0.05, 0.1) is 25.4 Å². The van der Waals surface area contributed by atoms with Gasteiger partial charge >= 0.3 is 0 Å². The van der Waals surface area contributed by atoms with E-state index >= 15 is 0 Å². The van der Waals surface area contributed by atoms with Crippen LogP contribution in [0.25, 0.3) is 11.1 Å². The summed E-state index contributed by atoms with van der Waals surface area (Å²) in [4.78, 5) is 45.8. The van der Waals surface area contributed by atoms with Crippen LogP contribution in [0.1, 0.15) is 32.0 Å². The SMILES string of the molecule is Cc1[nH]c(=O)c(Nc2ccc(C(=O)N3CCOCC3)cn2)cc1-c1cccc(C(N)=O)c1CO. The van der Waals surface area contributed by atoms with Crippen LogP contribution >= 0.6 is 0 Å². The molecule has 2 amide bonds. The van der Waals surface area contributed by atoms with Crippen LogP contribution in [-0.2, 0) is 11.3 Å². The monoisotopic (exact) mass is 463 g/mol. The highest BCUT2D eigenvalue weighted by Crippen LogP contribution is 2.30. The van der Waals surface area contributed by atoms with Crippen molar-refractivity contribution in [3.63, 3.8) is 0 Å². The zero-order chi connectivity index (χ0) is 24.2. The van der Waals surface area contributed by atoms with Gasteiger partial charge in [-0.2, -0.15) is 0 Å². The third-order valence-electron chi connectivity index (χ3n) is 5.70. The van der Waals surface area contributed by atoms with Gasteiger partial charge in [-0.3, -0.25) is 14.4 Å². The Balaban J connectivity index is 1.63. The van der Waals surface area contributed by atoms with E-state index in [4.69, 9.17) is 10.5 Å². The Labute approximate surface area is 195 Å². The molecule has 1 aliphatic rings. The fraction of sp³-hybridized carbons (Fsp3) is 0.250. The number of aliphatic hydroxyl groups is 1. The molecule has 0 aliphatic carbocycles. The summed E-state index contributed by atoms with van der Waals surface area (Å²) in [5.41, 5.74) is 8.09. The van der Waals surface area contributed by atoms with Gasteiger partial charge in [0.2, 0.25) is 5.91 Å². The fourth-order valence-corrected chi connectivity index (χ4v) is 3.92. The van der Waals surface area contributed by atoms with E-state index in [0.717, 1.165) is 0 Å². The maximum atomic E-state index is 12.6. The molecule has 3 heterocycles. The number of nitrogens with two attached hydrogens (primary N) is 1. The number of aryl methyl sites for hydroxylation is 1. The Bertz CT molecular complexity index is 1280. The van der Waals surface area contributed by atoms with Crippen LogP contribution < -0.4 is 16.6 Å². The van der Waals surface area contributed by atoms with E-state index in [-0.39, 0.29) is 22.7 Å². The molecule has 0 unspecified atom stereocenters. The lowest BCUT2D eigenvalue weighted by molar-refractivity contribution is 0.0302. The summed E-state index contributed by atoms with van der Waals surface area (Å²) < 4.78 is 5.28.